The molecule has 14 heavy (non-hydrogen) atoms. The Kier molecular flexibility index (Phi) is 2.42. The van der Waals surface area contributed by atoms with Crippen molar-refractivity contribution in [2.45, 2.75) is 46.1 Å². The van der Waals surface area contributed by atoms with Gasteiger partial charge in [-0.05, 0) is 25.7 Å². The molecule has 0 radical (unpaired) electrons. The molecule has 80 valence electrons. The number of ketones is 1. The quantitative estimate of drug-likeness (QED) is 0.678. The first-order valence-corrected chi connectivity index (χ1v) is 5.72. The zero-order chi connectivity index (χ0) is 10.3. The molecule has 4 unspecified atom stereocenters. The molecule has 0 saturated heterocycles. The van der Waals surface area contributed by atoms with Crippen LogP contribution in [-0.4, -0.2) is 18.5 Å². The highest BCUT2D eigenvalue weighted by atomic mass is 16.5. The number of fused-ring (bicyclic) bond motifs is 1. The molecule has 0 aromatic rings. The Morgan fingerprint density at radius 2 is 2.29 bits per heavy atom. The third-order valence-electron chi connectivity index (χ3n) is 4.08. The largest absolute Gasteiger partial charge is 0.378 e. The second kappa shape index (κ2) is 3.34. The predicted molar refractivity (Wildman–Crippen MR) is 55.0 cm³/mol. The first-order valence-electron chi connectivity index (χ1n) is 5.72. The fraction of sp³-hybridized carbons (Fsp3) is 0.917. The zero-order valence-electron chi connectivity index (χ0n) is 9.38. The topological polar surface area (TPSA) is 26.3 Å². The standard InChI is InChI=1S/C12H20O2/c1-4-14-11-6-9-10(13)5-8(2)7-12(9,11)3/h8-9,11H,4-7H2,1-3H3. The molecule has 0 aromatic carbocycles. The minimum atomic E-state index is 0.157. The number of Topliss-reactive ketones (excluding diaryl/α,β-unsaturated/α-hetero) is 1. The summed E-state index contributed by atoms with van der Waals surface area (Å²) in [6.45, 7) is 7.22. The zero-order valence-corrected chi connectivity index (χ0v) is 9.38. The lowest BCUT2D eigenvalue weighted by Crippen LogP contribution is -2.58. The third-order valence-corrected chi connectivity index (χ3v) is 4.08. The summed E-state index contributed by atoms with van der Waals surface area (Å²) >= 11 is 0. The van der Waals surface area contributed by atoms with E-state index in [0.29, 0.717) is 23.7 Å². The predicted octanol–water partition coefficient (Wildman–Crippen LogP) is 2.42. The molecular weight excluding hydrogens is 176 g/mol. The summed E-state index contributed by atoms with van der Waals surface area (Å²) in [5.41, 5.74) is 0.157. The summed E-state index contributed by atoms with van der Waals surface area (Å²) < 4.78 is 5.69. The van der Waals surface area contributed by atoms with Crippen LogP contribution in [0.3, 0.4) is 0 Å². The van der Waals surface area contributed by atoms with E-state index in [1.165, 1.54) is 0 Å². The fourth-order valence-electron chi connectivity index (χ4n) is 3.36. The SMILES string of the molecule is CCOC1CC2C(=O)CC(C)CC12C. The normalized spacial score (nSPS) is 47.1. The van der Waals surface area contributed by atoms with Crippen LogP contribution in [0.5, 0.6) is 0 Å². The molecule has 0 spiro atoms. The second-order valence-corrected chi connectivity index (χ2v) is 5.22. The van der Waals surface area contributed by atoms with E-state index in [0.717, 1.165) is 25.9 Å². The van der Waals surface area contributed by atoms with Gasteiger partial charge in [0.15, 0.2) is 0 Å². The summed E-state index contributed by atoms with van der Waals surface area (Å²) in [7, 11) is 0. The highest BCUT2D eigenvalue weighted by Crippen LogP contribution is 2.56. The maximum Gasteiger partial charge on any atom is 0.136 e. The van der Waals surface area contributed by atoms with E-state index in [1.807, 2.05) is 6.92 Å². The van der Waals surface area contributed by atoms with E-state index >= 15 is 0 Å². The minimum Gasteiger partial charge on any atom is -0.378 e. The van der Waals surface area contributed by atoms with Crippen molar-refractivity contribution in [1.29, 1.82) is 0 Å². The lowest BCUT2D eigenvalue weighted by atomic mass is 9.50. The lowest BCUT2D eigenvalue weighted by Gasteiger charge is -2.56. The van der Waals surface area contributed by atoms with Gasteiger partial charge in [0.05, 0.1) is 6.10 Å². The molecule has 0 aromatic heterocycles. The van der Waals surface area contributed by atoms with E-state index in [1.54, 1.807) is 0 Å². The monoisotopic (exact) mass is 196 g/mol. The number of hydrogen-bond acceptors (Lipinski definition) is 2. The van der Waals surface area contributed by atoms with Crippen LogP contribution in [0.1, 0.15) is 40.0 Å². The van der Waals surface area contributed by atoms with Crippen LogP contribution in [0.25, 0.3) is 0 Å². The molecule has 2 heteroatoms. The van der Waals surface area contributed by atoms with Crippen molar-refractivity contribution in [1.82, 2.24) is 0 Å². The molecule has 0 N–H and O–H groups in total. The van der Waals surface area contributed by atoms with Gasteiger partial charge in [0, 0.05) is 24.4 Å². The average molecular weight is 196 g/mol. The average Bonchev–Trinajstić information content (AvgIpc) is 2.09. The van der Waals surface area contributed by atoms with Crippen LogP contribution < -0.4 is 0 Å². The number of rotatable bonds is 2. The van der Waals surface area contributed by atoms with Gasteiger partial charge in [0.25, 0.3) is 0 Å². The van der Waals surface area contributed by atoms with Crippen LogP contribution in [0.15, 0.2) is 0 Å². The van der Waals surface area contributed by atoms with Crippen LogP contribution in [0, 0.1) is 17.3 Å². The van der Waals surface area contributed by atoms with Gasteiger partial charge in [-0.3, -0.25) is 4.79 Å². The van der Waals surface area contributed by atoms with Gasteiger partial charge < -0.3 is 4.74 Å². The first kappa shape index (κ1) is 10.2. The van der Waals surface area contributed by atoms with Crippen molar-refractivity contribution < 1.29 is 9.53 Å². The van der Waals surface area contributed by atoms with E-state index in [9.17, 15) is 4.79 Å². The first-order chi connectivity index (χ1) is 6.58. The van der Waals surface area contributed by atoms with Gasteiger partial charge >= 0.3 is 0 Å². The summed E-state index contributed by atoms with van der Waals surface area (Å²) in [5.74, 6) is 1.32. The second-order valence-electron chi connectivity index (χ2n) is 5.22. The Morgan fingerprint density at radius 1 is 1.57 bits per heavy atom. The molecule has 2 aliphatic carbocycles. The highest BCUT2D eigenvalue weighted by molar-refractivity contribution is 5.84. The molecule has 0 heterocycles. The Labute approximate surface area is 86.0 Å². The van der Waals surface area contributed by atoms with E-state index in [-0.39, 0.29) is 5.41 Å². The van der Waals surface area contributed by atoms with Crippen molar-refractivity contribution in [3.8, 4) is 0 Å². The van der Waals surface area contributed by atoms with E-state index < -0.39 is 0 Å². The summed E-state index contributed by atoms with van der Waals surface area (Å²) in [5, 5.41) is 0. The summed E-state index contributed by atoms with van der Waals surface area (Å²) in [4.78, 5) is 11.8. The van der Waals surface area contributed by atoms with Gasteiger partial charge in [0.1, 0.15) is 5.78 Å². The van der Waals surface area contributed by atoms with Crippen molar-refractivity contribution in [2.24, 2.45) is 17.3 Å². The van der Waals surface area contributed by atoms with Crippen molar-refractivity contribution in [2.75, 3.05) is 6.61 Å². The molecule has 2 saturated carbocycles. The number of carbonyl (C=O) groups excluding carboxylic acids is 1. The molecule has 2 fully saturated rings. The Balaban J connectivity index is 2.09. The van der Waals surface area contributed by atoms with Crippen LogP contribution in [0.2, 0.25) is 0 Å². The van der Waals surface area contributed by atoms with Crippen LogP contribution in [0.4, 0.5) is 0 Å². The Morgan fingerprint density at radius 3 is 2.93 bits per heavy atom. The van der Waals surface area contributed by atoms with Gasteiger partial charge in [0.2, 0.25) is 0 Å². The minimum absolute atomic E-state index is 0.157. The van der Waals surface area contributed by atoms with Gasteiger partial charge in [-0.25, -0.2) is 0 Å². The number of carbonyl (C=O) groups is 1. The Hall–Kier alpha value is -0.370. The smallest absolute Gasteiger partial charge is 0.136 e. The highest BCUT2D eigenvalue weighted by Gasteiger charge is 2.57. The Bertz CT molecular complexity index is 249. The summed E-state index contributed by atoms with van der Waals surface area (Å²) in [6, 6.07) is 0. The maximum absolute atomic E-state index is 11.8. The van der Waals surface area contributed by atoms with Crippen LogP contribution >= 0.6 is 0 Å². The molecule has 2 nitrogen and oxygen atoms in total. The maximum atomic E-state index is 11.8. The van der Waals surface area contributed by atoms with E-state index in [2.05, 4.69) is 13.8 Å². The fourth-order valence-corrected chi connectivity index (χ4v) is 3.36. The molecule has 2 aliphatic rings. The van der Waals surface area contributed by atoms with Crippen molar-refractivity contribution >= 4 is 5.78 Å². The lowest BCUT2D eigenvalue weighted by molar-refractivity contribution is -0.180. The summed E-state index contributed by atoms with van der Waals surface area (Å²) in [6.07, 6.45) is 3.26. The molecule has 0 bridgehead atoms. The number of hydrogen-bond donors (Lipinski definition) is 0. The molecule has 0 amide bonds. The van der Waals surface area contributed by atoms with Gasteiger partial charge in [-0.1, -0.05) is 13.8 Å². The van der Waals surface area contributed by atoms with E-state index in [4.69, 9.17) is 4.74 Å². The molecule has 0 aliphatic heterocycles. The molecule has 2 rings (SSSR count). The van der Waals surface area contributed by atoms with Crippen LogP contribution in [-0.2, 0) is 9.53 Å². The third kappa shape index (κ3) is 1.31. The van der Waals surface area contributed by atoms with Crippen molar-refractivity contribution in [3.05, 3.63) is 0 Å². The van der Waals surface area contributed by atoms with Gasteiger partial charge in [-0.15, -0.1) is 0 Å². The van der Waals surface area contributed by atoms with Crippen molar-refractivity contribution in [3.63, 3.8) is 0 Å². The van der Waals surface area contributed by atoms with Gasteiger partial charge in [-0.2, -0.15) is 0 Å². The molecular formula is C12H20O2. The molecule has 4 atom stereocenters. The number of ether oxygens (including phenoxy) is 1.